The third-order valence-electron chi connectivity index (χ3n) is 4.72. The number of benzene rings is 2. The second-order valence-corrected chi connectivity index (χ2v) is 6.62. The lowest BCUT2D eigenvalue weighted by atomic mass is 9.90. The van der Waals surface area contributed by atoms with Crippen LogP contribution in [0.15, 0.2) is 53.5 Å². The van der Waals surface area contributed by atoms with E-state index in [2.05, 4.69) is 26.3 Å². The molecule has 0 aliphatic carbocycles. The molecule has 0 bridgehead atoms. The summed E-state index contributed by atoms with van der Waals surface area (Å²) in [6.45, 7) is 1.13. The monoisotopic (exact) mass is 379 g/mol. The Morgan fingerprint density at radius 2 is 2.00 bits per heavy atom. The van der Waals surface area contributed by atoms with E-state index in [0.717, 1.165) is 16.8 Å². The van der Waals surface area contributed by atoms with Crippen LogP contribution in [0.25, 0.3) is 0 Å². The lowest BCUT2D eigenvalue weighted by Crippen LogP contribution is -2.40. The van der Waals surface area contributed by atoms with Gasteiger partial charge in [-0.2, -0.15) is 0 Å². The number of carbonyl (C=O) groups is 2. The third kappa shape index (κ3) is 4.68. The fourth-order valence-electron chi connectivity index (χ4n) is 3.28. The van der Waals surface area contributed by atoms with Crippen molar-refractivity contribution in [2.45, 2.75) is 18.9 Å². The van der Waals surface area contributed by atoms with Crippen molar-refractivity contribution in [3.05, 3.63) is 65.2 Å². The highest BCUT2D eigenvalue weighted by molar-refractivity contribution is 5.95. The van der Waals surface area contributed by atoms with Gasteiger partial charge in [0.1, 0.15) is 0 Å². The molecule has 0 fully saturated rings. The number of hydrogen-bond donors (Lipinski definition) is 4. The summed E-state index contributed by atoms with van der Waals surface area (Å²) in [5.74, 6) is 0.645. The van der Waals surface area contributed by atoms with Crippen LogP contribution in [0.1, 0.15) is 33.8 Å². The summed E-state index contributed by atoms with van der Waals surface area (Å²) in [7, 11) is 3.32. The molecule has 7 heteroatoms. The first-order valence-electron chi connectivity index (χ1n) is 9.25. The van der Waals surface area contributed by atoms with Gasteiger partial charge in [-0.15, -0.1) is 0 Å². The molecule has 146 valence electrons. The molecule has 7 nitrogen and oxygen atoms in total. The molecule has 1 aliphatic heterocycles. The number of hydrogen-bond acceptors (Lipinski definition) is 3. The summed E-state index contributed by atoms with van der Waals surface area (Å²) in [6.07, 6.45) is 0.440. The van der Waals surface area contributed by atoms with E-state index >= 15 is 0 Å². The van der Waals surface area contributed by atoms with E-state index in [1.165, 1.54) is 0 Å². The van der Waals surface area contributed by atoms with Gasteiger partial charge >= 0.3 is 0 Å². The fraction of sp³-hybridized carbons (Fsp3) is 0.286. The quantitative estimate of drug-likeness (QED) is 0.471. The van der Waals surface area contributed by atoms with Gasteiger partial charge < -0.3 is 21.3 Å². The summed E-state index contributed by atoms with van der Waals surface area (Å²) < 4.78 is 0. The van der Waals surface area contributed by atoms with Crippen molar-refractivity contribution < 1.29 is 9.59 Å². The van der Waals surface area contributed by atoms with Gasteiger partial charge in [0.25, 0.3) is 5.91 Å². The predicted molar refractivity (Wildman–Crippen MR) is 110 cm³/mol. The molecule has 0 aromatic heterocycles. The molecule has 2 aromatic rings. The number of para-hydroxylation sites is 1. The van der Waals surface area contributed by atoms with Crippen molar-refractivity contribution >= 4 is 23.5 Å². The van der Waals surface area contributed by atoms with Crippen LogP contribution < -0.4 is 21.3 Å². The molecule has 1 unspecified atom stereocenters. The minimum atomic E-state index is -0.112. The zero-order chi connectivity index (χ0) is 19.9. The summed E-state index contributed by atoms with van der Waals surface area (Å²) in [6, 6.07) is 15.3. The van der Waals surface area contributed by atoms with Gasteiger partial charge in [0.15, 0.2) is 5.96 Å². The molecule has 1 aliphatic rings. The average molecular weight is 379 g/mol. The molecule has 0 spiro atoms. The molecule has 2 amide bonds. The Hall–Kier alpha value is -3.35. The SMILES string of the molecule is CN=C(NCc1cccc(C(=O)NC)c1)NCC1CC(=O)Nc2ccccc21. The van der Waals surface area contributed by atoms with Crippen LogP contribution in [0.2, 0.25) is 0 Å². The van der Waals surface area contributed by atoms with Crippen LogP contribution in [0, 0.1) is 0 Å². The van der Waals surface area contributed by atoms with E-state index in [0.29, 0.717) is 31.0 Å². The third-order valence-corrected chi connectivity index (χ3v) is 4.72. The van der Waals surface area contributed by atoms with E-state index in [1.54, 1.807) is 20.2 Å². The molecule has 2 aromatic carbocycles. The number of nitrogens with zero attached hydrogens (tertiary/aromatic N) is 1. The van der Waals surface area contributed by atoms with Crippen LogP contribution in [0.5, 0.6) is 0 Å². The van der Waals surface area contributed by atoms with Crippen LogP contribution in [0.3, 0.4) is 0 Å². The highest BCUT2D eigenvalue weighted by Crippen LogP contribution is 2.31. The van der Waals surface area contributed by atoms with E-state index in [9.17, 15) is 9.59 Å². The van der Waals surface area contributed by atoms with Crippen molar-refractivity contribution in [3.63, 3.8) is 0 Å². The lowest BCUT2D eigenvalue weighted by Gasteiger charge is -2.26. The Morgan fingerprint density at radius 1 is 1.18 bits per heavy atom. The van der Waals surface area contributed by atoms with E-state index < -0.39 is 0 Å². The molecular weight excluding hydrogens is 354 g/mol. The summed E-state index contributed by atoms with van der Waals surface area (Å²) in [5.41, 5.74) is 3.60. The number of aliphatic imine (C=N–C) groups is 1. The Labute approximate surface area is 164 Å². The molecule has 0 saturated heterocycles. The summed E-state index contributed by atoms with van der Waals surface area (Å²) >= 11 is 0. The van der Waals surface area contributed by atoms with Gasteiger partial charge in [0, 0.05) is 50.8 Å². The standard InChI is InChI=1S/C21H25N5O2/c1-22-20(28)15-7-5-6-14(10-15)12-24-21(23-2)25-13-16-11-19(27)26-18-9-4-3-8-17(16)18/h3-10,16H,11-13H2,1-2H3,(H,22,28)(H,26,27)(H2,23,24,25). The topological polar surface area (TPSA) is 94.6 Å². The van der Waals surface area contributed by atoms with Crippen LogP contribution >= 0.6 is 0 Å². The van der Waals surface area contributed by atoms with Gasteiger partial charge in [0.2, 0.25) is 5.91 Å². The second-order valence-electron chi connectivity index (χ2n) is 6.62. The van der Waals surface area contributed by atoms with Gasteiger partial charge in [-0.1, -0.05) is 30.3 Å². The minimum absolute atomic E-state index is 0.0273. The van der Waals surface area contributed by atoms with Crippen molar-refractivity contribution in [3.8, 4) is 0 Å². The number of guanidine groups is 1. The highest BCUT2D eigenvalue weighted by atomic mass is 16.2. The number of fused-ring (bicyclic) bond motifs is 1. The van der Waals surface area contributed by atoms with E-state index in [4.69, 9.17) is 0 Å². The molecule has 0 radical (unpaired) electrons. The number of rotatable bonds is 5. The maximum absolute atomic E-state index is 12.0. The maximum Gasteiger partial charge on any atom is 0.251 e. The molecular formula is C21H25N5O2. The lowest BCUT2D eigenvalue weighted by molar-refractivity contribution is -0.116. The average Bonchev–Trinajstić information content (AvgIpc) is 2.73. The normalized spacial score (nSPS) is 16.0. The Balaban J connectivity index is 1.59. The molecule has 28 heavy (non-hydrogen) atoms. The van der Waals surface area contributed by atoms with Crippen LogP contribution in [0.4, 0.5) is 5.69 Å². The van der Waals surface area contributed by atoms with Crippen molar-refractivity contribution in [2.24, 2.45) is 4.99 Å². The fourth-order valence-corrected chi connectivity index (χ4v) is 3.28. The molecule has 0 saturated carbocycles. The first kappa shape index (κ1) is 19.4. The zero-order valence-electron chi connectivity index (χ0n) is 16.1. The second kappa shape index (κ2) is 9.03. The Kier molecular flexibility index (Phi) is 6.26. The smallest absolute Gasteiger partial charge is 0.251 e. The summed E-state index contributed by atoms with van der Waals surface area (Å²) in [4.78, 5) is 28.0. The predicted octanol–water partition coefficient (Wildman–Crippen LogP) is 1.84. The number of nitrogens with one attached hydrogen (secondary N) is 4. The van der Waals surface area contributed by atoms with Gasteiger partial charge in [-0.05, 0) is 29.3 Å². The first-order chi connectivity index (χ1) is 13.6. The Bertz CT molecular complexity index is 894. The van der Waals surface area contributed by atoms with Gasteiger partial charge in [-0.3, -0.25) is 14.6 Å². The Morgan fingerprint density at radius 3 is 2.79 bits per heavy atom. The molecule has 1 heterocycles. The van der Waals surface area contributed by atoms with Crippen molar-refractivity contribution in [1.29, 1.82) is 0 Å². The van der Waals surface area contributed by atoms with E-state index in [1.807, 2.05) is 42.5 Å². The number of anilines is 1. The highest BCUT2D eigenvalue weighted by Gasteiger charge is 2.24. The summed E-state index contributed by atoms with van der Waals surface area (Å²) in [5, 5.41) is 12.1. The van der Waals surface area contributed by atoms with Gasteiger partial charge in [0.05, 0.1) is 0 Å². The largest absolute Gasteiger partial charge is 0.356 e. The molecule has 3 rings (SSSR count). The molecule has 1 atom stereocenters. The first-order valence-corrected chi connectivity index (χ1v) is 9.25. The van der Waals surface area contributed by atoms with Crippen molar-refractivity contribution in [2.75, 3.05) is 26.0 Å². The van der Waals surface area contributed by atoms with Crippen LogP contribution in [-0.4, -0.2) is 38.4 Å². The zero-order valence-corrected chi connectivity index (χ0v) is 16.1. The van der Waals surface area contributed by atoms with Crippen LogP contribution in [-0.2, 0) is 11.3 Å². The van der Waals surface area contributed by atoms with Gasteiger partial charge in [-0.25, -0.2) is 0 Å². The maximum atomic E-state index is 12.0. The van der Waals surface area contributed by atoms with E-state index in [-0.39, 0.29) is 17.7 Å². The minimum Gasteiger partial charge on any atom is -0.356 e. The number of amides is 2. The van der Waals surface area contributed by atoms with Crippen molar-refractivity contribution in [1.82, 2.24) is 16.0 Å². The number of carbonyl (C=O) groups excluding carboxylic acids is 2. The molecule has 4 N–H and O–H groups in total.